The molecule has 1 aromatic heterocycles. The first-order valence-corrected chi connectivity index (χ1v) is 11.1. The lowest BCUT2D eigenvalue weighted by Gasteiger charge is -2.12. The third kappa shape index (κ3) is 3.71. The van der Waals surface area contributed by atoms with Crippen LogP contribution < -0.4 is 0 Å². The highest BCUT2D eigenvalue weighted by atomic mass is 19.1. The Balaban J connectivity index is 1.59. The molecule has 3 heteroatoms. The van der Waals surface area contributed by atoms with Crippen LogP contribution in [-0.2, 0) is 0 Å². The summed E-state index contributed by atoms with van der Waals surface area (Å²) in [7, 11) is 0. The Morgan fingerprint density at radius 2 is 0.971 bits per heavy atom. The fraction of sp³-hybridized carbons (Fsp3) is 0. The number of nitrogens with zero attached hydrogens (tertiary/aromatic N) is 1. The summed E-state index contributed by atoms with van der Waals surface area (Å²) in [6.45, 7) is 0. The molecule has 0 atom stereocenters. The molecule has 0 radical (unpaired) electrons. The van der Waals surface area contributed by atoms with E-state index in [1.54, 1.807) is 0 Å². The van der Waals surface area contributed by atoms with Crippen molar-refractivity contribution < 1.29 is 8.78 Å². The molecule has 34 heavy (non-hydrogen) atoms. The minimum Gasteiger partial charge on any atom is -0.248 e. The maximum absolute atomic E-state index is 14.8. The van der Waals surface area contributed by atoms with Gasteiger partial charge < -0.3 is 0 Å². The summed E-state index contributed by atoms with van der Waals surface area (Å²) in [5, 5.41) is 4.45. The normalized spacial score (nSPS) is 11.2. The molecule has 1 nitrogen and oxygen atoms in total. The van der Waals surface area contributed by atoms with E-state index < -0.39 is 11.6 Å². The maximum atomic E-state index is 14.8. The zero-order chi connectivity index (χ0) is 23.1. The van der Waals surface area contributed by atoms with Crippen LogP contribution in [0.5, 0.6) is 0 Å². The monoisotopic (exact) mass is 443 g/mol. The molecule has 0 aliphatic rings. The van der Waals surface area contributed by atoms with E-state index in [0.717, 1.165) is 44.8 Å². The van der Waals surface area contributed by atoms with Crippen LogP contribution in [0.1, 0.15) is 0 Å². The predicted molar refractivity (Wildman–Crippen MR) is 135 cm³/mol. The van der Waals surface area contributed by atoms with Gasteiger partial charge in [0.15, 0.2) is 0 Å². The van der Waals surface area contributed by atoms with Crippen LogP contribution in [0.2, 0.25) is 0 Å². The van der Waals surface area contributed by atoms with Gasteiger partial charge in [0.2, 0.25) is 0 Å². The molecule has 0 unspecified atom stereocenters. The topological polar surface area (TPSA) is 12.9 Å². The molecule has 0 bridgehead atoms. The first kappa shape index (κ1) is 20.3. The molecule has 0 fully saturated rings. The highest BCUT2D eigenvalue weighted by molar-refractivity contribution is 5.89. The summed E-state index contributed by atoms with van der Waals surface area (Å²) < 4.78 is 28.8. The fourth-order valence-electron chi connectivity index (χ4n) is 4.40. The van der Waals surface area contributed by atoms with Gasteiger partial charge in [0.05, 0.1) is 11.4 Å². The number of aromatic nitrogens is 1. The second-order valence-electron chi connectivity index (χ2n) is 8.37. The summed E-state index contributed by atoms with van der Waals surface area (Å²) in [4.78, 5) is 4.95. The van der Waals surface area contributed by atoms with Crippen LogP contribution in [0.25, 0.3) is 55.2 Å². The first-order valence-electron chi connectivity index (χ1n) is 11.1. The lowest BCUT2D eigenvalue weighted by Crippen LogP contribution is -1.93. The van der Waals surface area contributed by atoms with Crippen LogP contribution in [-0.4, -0.2) is 4.98 Å². The van der Waals surface area contributed by atoms with E-state index in [1.165, 1.54) is 6.07 Å². The summed E-state index contributed by atoms with van der Waals surface area (Å²) in [6.07, 6.45) is 0. The standard InChI is InChI=1S/C31H19F2N/c32-27-13-14-29(33)28(19-27)26-17-30(24-11-9-20-5-1-3-7-22(20)15-24)34-31(18-26)25-12-10-21-6-2-4-8-23(21)16-25/h1-19H. The van der Waals surface area contributed by atoms with Gasteiger partial charge in [0, 0.05) is 16.7 Å². The molecule has 0 spiro atoms. The van der Waals surface area contributed by atoms with Crippen LogP contribution in [0, 0.1) is 11.6 Å². The van der Waals surface area contributed by atoms with E-state index in [0.29, 0.717) is 17.0 Å². The zero-order valence-corrected chi connectivity index (χ0v) is 18.2. The minimum absolute atomic E-state index is 0.214. The Hall–Kier alpha value is -4.37. The molecule has 6 rings (SSSR count). The lowest BCUT2D eigenvalue weighted by atomic mass is 9.97. The number of pyridine rings is 1. The van der Waals surface area contributed by atoms with Gasteiger partial charge in [-0.1, -0.05) is 72.8 Å². The quantitative estimate of drug-likeness (QED) is 0.267. The van der Waals surface area contributed by atoms with Crippen LogP contribution >= 0.6 is 0 Å². The number of fused-ring (bicyclic) bond motifs is 2. The van der Waals surface area contributed by atoms with E-state index in [4.69, 9.17) is 4.98 Å². The largest absolute Gasteiger partial charge is 0.248 e. The van der Waals surface area contributed by atoms with Gasteiger partial charge in [-0.05, 0) is 69.6 Å². The highest BCUT2D eigenvalue weighted by Gasteiger charge is 2.13. The second kappa shape index (κ2) is 8.20. The highest BCUT2D eigenvalue weighted by Crippen LogP contribution is 2.33. The number of benzene rings is 5. The van der Waals surface area contributed by atoms with E-state index >= 15 is 0 Å². The molecule has 0 saturated carbocycles. The van der Waals surface area contributed by atoms with Crippen molar-refractivity contribution in [3.63, 3.8) is 0 Å². The van der Waals surface area contributed by atoms with Crippen molar-refractivity contribution in [2.45, 2.75) is 0 Å². The Bertz CT molecular complexity index is 1590. The zero-order valence-electron chi connectivity index (χ0n) is 18.2. The second-order valence-corrected chi connectivity index (χ2v) is 8.37. The average molecular weight is 443 g/mol. The number of halogens is 2. The van der Waals surface area contributed by atoms with Crippen molar-refractivity contribution in [2.24, 2.45) is 0 Å². The molecular formula is C31H19F2N. The number of rotatable bonds is 3. The van der Waals surface area contributed by atoms with Crippen molar-refractivity contribution in [2.75, 3.05) is 0 Å². The van der Waals surface area contributed by atoms with Gasteiger partial charge in [0.1, 0.15) is 11.6 Å². The number of hydrogen-bond donors (Lipinski definition) is 0. The lowest BCUT2D eigenvalue weighted by molar-refractivity contribution is 0.603. The third-order valence-electron chi connectivity index (χ3n) is 6.16. The van der Waals surface area contributed by atoms with Crippen LogP contribution in [0.3, 0.4) is 0 Å². The SMILES string of the molecule is Fc1ccc(F)c(-c2cc(-c3ccc4ccccc4c3)nc(-c3ccc4ccccc4c3)c2)c1. The van der Waals surface area contributed by atoms with Crippen LogP contribution in [0.4, 0.5) is 8.78 Å². The third-order valence-corrected chi connectivity index (χ3v) is 6.16. The van der Waals surface area contributed by atoms with Gasteiger partial charge in [-0.25, -0.2) is 13.8 Å². The Kier molecular flexibility index (Phi) is 4.88. The average Bonchev–Trinajstić information content (AvgIpc) is 2.89. The summed E-state index contributed by atoms with van der Waals surface area (Å²) in [5.74, 6) is -0.950. The molecule has 0 aliphatic heterocycles. The summed E-state index contributed by atoms with van der Waals surface area (Å²) >= 11 is 0. The van der Waals surface area contributed by atoms with Gasteiger partial charge >= 0.3 is 0 Å². The number of hydrogen-bond acceptors (Lipinski definition) is 1. The summed E-state index contributed by atoms with van der Waals surface area (Å²) in [5.41, 5.74) is 4.04. The van der Waals surface area contributed by atoms with E-state index in [2.05, 4.69) is 48.5 Å². The molecule has 0 saturated heterocycles. The van der Waals surface area contributed by atoms with Gasteiger partial charge in [0.25, 0.3) is 0 Å². The molecule has 5 aromatic carbocycles. The van der Waals surface area contributed by atoms with E-state index in [9.17, 15) is 8.78 Å². The minimum atomic E-state index is -0.479. The molecule has 0 amide bonds. The first-order chi connectivity index (χ1) is 16.6. The van der Waals surface area contributed by atoms with Crippen molar-refractivity contribution in [3.05, 3.63) is 127 Å². The van der Waals surface area contributed by atoms with Gasteiger partial charge in [-0.2, -0.15) is 0 Å². The Morgan fingerprint density at radius 3 is 1.53 bits per heavy atom. The van der Waals surface area contributed by atoms with Crippen molar-refractivity contribution in [1.82, 2.24) is 4.98 Å². The molecule has 6 aromatic rings. The Labute approximate surface area is 196 Å². The maximum Gasteiger partial charge on any atom is 0.131 e. The van der Waals surface area contributed by atoms with Gasteiger partial charge in [-0.3, -0.25) is 0 Å². The van der Waals surface area contributed by atoms with E-state index in [-0.39, 0.29) is 5.56 Å². The molecule has 0 N–H and O–H groups in total. The van der Waals surface area contributed by atoms with Crippen LogP contribution in [0.15, 0.2) is 115 Å². The molecule has 162 valence electrons. The smallest absolute Gasteiger partial charge is 0.131 e. The molecule has 0 aliphatic carbocycles. The predicted octanol–water partition coefficient (Wildman–Crippen LogP) is 8.67. The Morgan fingerprint density at radius 1 is 0.441 bits per heavy atom. The van der Waals surface area contributed by atoms with Crippen molar-refractivity contribution in [3.8, 4) is 33.6 Å². The van der Waals surface area contributed by atoms with Gasteiger partial charge in [-0.15, -0.1) is 0 Å². The van der Waals surface area contributed by atoms with Crippen molar-refractivity contribution in [1.29, 1.82) is 0 Å². The summed E-state index contributed by atoms with van der Waals surface area (Å²) in [6, 6.07) is 35.7. The molecular weight excluding hydrogens is 424 g/mol. The van der Waals surface area contributed by atoms with Crippen molar-refractivity contribution >= 4 is 21.5 Å². The molecule has 1 heterocycles. The fourth-order valence-corrected chi connectivity index (χ4v) is 4.40. The van der Waals surface area contributed by atoms with E-state index in [1.807, 2.05) is 48.5 Å².